The summed E-state index contributed by atoms with van der Waals surface area (Å²) in [6.45, 7) is 4.57. The van der Waals surface area contributed by atoms with Crippen LogP contribution < -0.4 is 5.73 Å². The summed E-state index contributed by atoms with van der Waals surface area (Å²) < 4.78 is 0. The SMILES string of the molecule is CSc1ccc(C(N)=O)c(C2=CCC(C)(C)CC2)c1. The van der Waals surface area contributed by atoms with Crippen LogP contribution in [0.1, 0.15) is 49.0 Å². The summed E-state index contributed by atoms with van der Waals surface area (Å²) in [4.78, 5) is 12.8. The summed E-state index contributed by atoms with van der Waals surface area (Å²) >= 11 is 1.69. The van der Waals surface area contributed by atoms with Crippen molar-refractivity contribution in [1.29, 1.82) is 0 Å². The van der Waals surface area contributed by atoms with Gasteiger partial charge in [0.25, 0.3) is 0 Å². The Labute approximate surface area is 119 Å². The molecule has 0 saturated carbocycles. The first kappa shape index (κ1) is 14.2. The van der Waals surface area contributed by atoms with Gasteiger partial charge in [-0.25, -0.2) is 0 Å². The topological polar surface area (TPSA) is 43.1 Å². The van der Waals surface area contributed by atoms with Gasteiger partial charge in [-0.05, 0) is 60.3 Å². The Hall–Kier alpha value is -1.22. The van der Waals surface area contributed by atoms with Crippen LogP contribution in [0.2, 0.25) is 0 Å². The zero-order valence-electron chi connectivity index (χ0n) is 11.8. The third-order valence-corrected chi connectivity index (χ3v) is 4.54. The Kier molecular flexibility index (Phi) is 4.04. The molecule has 1 aliphatic rings. The molecular formula is C16H21NOS. The number of thioether (sulfide) groups is 1. The van der Waals surface area contributed by atoms with Gasteiger partial charge in [0.05, 0.1) is 0 Å². The minimum Gasteiger partial charge on any atom is -0.366 e. The molecule has 0 fully saturated rings. The summed E-state index contributed by atoms with van der Waals surface area (Å²) in [7, 11) is 0. The maximum absolute atomic E-state index is 11.6. The molecule has 19 heavy (non-hydrogen) atoms. The van der Waals surface area contributed by atoms with Gasteiger partial charge < -0.3 is 5.73 Å². The molecule has 2 N–H and O–H groups in total. The van der Waals surface area contributed by atoms with Gasteiger partial charge in [0.2, 0.25) is 5.91 Å². The third kappa shape index (κ3) is 3.21. The zero-order valence-corrected chi connectivity index (χ0v) is 12.6. The number of allylic oxidation sites excluding steroid dienone is 2. The number of nitrogens with two attached hydrogens (primary N) is 1. The first-order valence-corrected chi connectivity index (χ1v) is 7.83. The molecule has 0 aromatic heterocycles. The smallest absolute Gasteiger partial charge is 0.249 e. The molecule has 0 spiro atoms. The maximum Gasteiger partial charge on any atom is 0.249 e. The number of carbonyl (C=O) groups excluding carboxylic acids is 1. The standard InChI is InChI=1S/C16H21NOS/c1-16(2)8-6-11(7-9-16)14-10-12(19-3)4-5-13(14)15(17)18/h4-6,10H,7-9H2,1-3H3,(H2,17,18). The predicted molar refractivity (Wildman–Crippen MR) is 82.3 cm³/mol. The quantitative estimate of drug-likeness (QED) is 0.844. The van der Waals surface area contributed by atoms with Crippen molar-refractivity contribution in [2.24, 2.45) is 11.1 Å². The lowest BCUT2D eigenvalue weighted by Gasteiger charge is -2.29. The van der Waals surface area contributed by atoms with Crippen LogP contribution in [-0.4, -0.2) is 12.2 Å². The van der Waals surface area contributed by atoms with E-state index in [4.69, 9.17) is 5.73 Å². The summed E-state index contributed by atoms with van der Waals surface area (Å²) in [5, 5.41) is 0. The van der Waals surface area contributed by atoms with E-state index in [0.717, 1.165) is 24.8 Å². The van der Waals surface area contributed by atoms with E-state index in [-0.39, 0.29) is 5.91 Å². The lowest BCUT2D eigenvalue weighted by molar-refractivity contribution is 0.1000. The molecule has 0 bridgehead atoms. The second-order valence-electron chi connectivity index (χ2n) is 5.87. The molecule has 0 radical (unpaired) electrons. The predicted octanol–water partition coefficient (Wildman–Crippen LogP) is 4.10. The van der Waals surface area contributed by atoms with Crippen LogP contribution in [0.15, 0.2) is 29.2 Å². The van der Waals surface area contributed by atoms with Gasteiger partial charge in [-0.2, -0.15) is 0 Å². The molecule has 0 aliphatic heterocycles. The van der Waals surface area contributed by atoms with Gasteiger partial charge >= 0.3 is 0 Å². The summed E-state index contributed by atoms with van der Waals surface area (Å²) in [5.41, 5.74) is 8.79. The van der Waals surface area contributed by atoms with Gasteiger partial charge in [-0.3, -0.25) is 4.79 Å². The zero-order chi connectivity index (χ0) is 14.0. The molecule has 0 heterocycles. The van der Waals surface area contributed by atoms with Crippen LogP contribution in [-0.2, 0) is 0 Å². The maximum atomic E-state index is 11.6. The van der Waals surface area contributed by atoms with Crippen molar-refractivity contribution in [2.75, 3.05) is 6.26 Å². The monoisotopic (exact) mass is 275 g/mol. The van der Waals surface area contributed by atoms with Gasteiger partial charge in [0.1, 0.15) is 0 Å². The van der Waals surface area contributed by atoms with Crippen LogP contribution in [0.3, 0.4) is 0 Å². The minimum absolute atomic E-state index is 0.339. The van der Waals surface area contributed by atoms with E-state index in [2.05, 4.69) is 26.0 Å². The molecule has 1 aliphatic carbocycles. The molecule has 0 saturated heterocycles. The van der Waals surface area contributed by atoms with E-state index in [0.29, 0.717) is 11.0 Å². The highest BCUT2D eigenvalue weighted by Gasteiger charge is 2.23. The molecule has 102 valence electrons. The van der Waals surface area contributed by atoms with Crippen molar-refractivity contribution in [1.82, 2.24) is 0 Å². The third-order valence-electron chi connectivity index (χ3n) is 3.81. The van der Waals surface area contributed by atoms with E-state index in [1.807, 2.05) is 18.4 Å². The van der Waals surface area contributed by atoms with Crippen LogP contribution in [0, 0.1) is 5.41 Å². The van der Waals surface area contributed by atoms with Crippen LogP contribution in [0.4, 0.5) is 0 Å². The van der Waals surface area contributed by atoms with Crippen LogP contribution in [0.25, 0.3) is 5.57 Å². The van der Waals surface area contributed by atoms with Crippen molar-refractivity contribution < 1.29 is 4.79 Å². The molecule has 0 unspecified atom stereocenters. The van der Waals surface area contributed by atoms with Crippen molar-refractivity contribution in [3.05, 3.63) is 35.4 Å². The van der Waals surface area contributed by atoms with Crippen molar-refractivity contribution in [3.63, 3.8) is 0 Å². The lowest BCUT2D eigenvalue weighted by atomic mass is 9.76. The summed E-state index contributed by atoms with van der Waals surface area (Å²) in [5.74, 6) is -0.339. The number of amides is 1. The van der Waals surface area contributed by atoms with Crippen molar-refractivity contribution in [3.8, 4) is 0 Å². The number of primary amides is 1. The van der Waals surface area contributed by atoms with Gasteiger partial charge in [0, 0.05) is 10.5 Å². The summed E-state index contributed by atoms with van der Waals surface area (Å²) in [6, 6.07) is 5.90. The highest BCUT2D eigenvalue weighted by molar-refractivity contribution is 7.98. The Morgan fingerprint density at radius 3 is 2.63 bits per heavy atom. The first-order valence-electron chi connectivity index (χ1n) is 6.60. The van der Waals surface area contributed by atoms with Gasteiger partial charge in [-0.1, -0.05) is 19.9 Å². The number of benzene rings is 1. The largest absolute Gasteiger partial charge is 0.366 e. The van der Waals surface area contributed by atoms with Crippen molar-refractivity contribution >= 4 is 23.2 Å². The molecule has 0 atom stereocenters. The number of carbonyl (C=O) groups is 1. The molecule has 2 nitrogen and oxygen atoms in total. The Bertz CT molecular complexity index is 532. The van der Waals surface area contributed by atoms with Gasteiger partial charge in [-0.15, -0.1) is 11.8 Å². The van der Waals surface area contributed by atoms with Crippen molar-refractivity contribution in [2.45, 2.75) is 38.0 Å². The van der Waals surface area contributed by atoms with Crippen LogP contribution in [0.5, 0.6) is 0 Å². The lowest BCUT2D eigenvalue weighted by Crippen LogP contribution is -2.17. The summed E-state index contributed by atoms with van der Waals surface area (Å²) in [6.07, 6.45) is 7.55. The fourth-order valence-corrected chi connectivity index (χ4v) is 2.89. The first-order chi connectivity index (χ1) is 8.93. The van der Waals surface area contributed by atoms with E-state index in [9.17, 15) is 4.79 Å². The fourth-order valence-electron chi connectivity index (χ4n) is 2.45. The number of hydrogen-bond donors (Lipinski definition) is 1. The molecule has 2 rings (SSSR count). The Morgan fingerprint density at radius 2 is 2.11 bits per heavy atom. The van der Waals surface area contributed by atoms with Crippen LogP contribution >= 0.6 is 11.8 Å². The second-order valence-corrected chi connectivity index (χ2v) is 6.75. The Balaban J connectivity index is 2.43. The van der Waals surface area contributed by atoms with E-state index < -0.39 is 0 Å². The molecule has 1 aromatic carbocycles. The normalized spacial score (nSPS) is 17.9. The highest BCUT2D eigenvalue weighted by Crippen LogP contribution is 2.39. The molecule has 1 aromatic rings. The highest BCUT2D eigenvalue weighted by atomic mass is 32.2. The second kappa shape index (κ2) is 5.41. The fraction of sp³-hybridized carbons (Fsp3) is 0.438. The molecule has 1 amide bonds. The molecular weight excluding hydrogens is 254 g/mol. The Morgan fingerprint density at radius 1 is 1.37 bits per heavy atom. The minimum atomic E-state index is -0.339. The number of rotatable bonds is 3. The number of hydrogen-bond acceptors (Lipinski definition) is 2. The average molecular weight is 275 g/mol. The van der Waals surface area contributed by atoms with Gasteiger partial charge in [0.15, 0.2) is 0 Å². The molecule has 3 heteroatoms. The van der Waals surface area contributed by atoms with E-state index in [1.165, 1.54) is 10.5 Å². The average Bonchev–Trinajstić information content (AvgIpc) is 2.38. The van der Waals surface area contributed by atoms with E-state index in [1.54, 1.807) is 11.8 Å². The van der Waals surface area contributed by atoms with E-state index >= 15 is 0 Å².